The summed E-state index contributed by atoms with van der Waals surface area (Å²) in [7, 11) is 1.85. The van der Waals surface area contributed by atoms with E-state index in [1.54, 1.807) is 9.58 Å². The molecule has 2 heterocycles. The quantitative estimate of drug-likeness (QED) is 0.768. The van der Waals surface area contributed by atoms with Gasteiger partial charge in [-0.3, -0.25) is 14.4 Å². The molecular weight excluding hydrogens is 192 g/mol. The van der Waals surface area contributed by atoms with E-state index in [1.807, 2.05) is 26.2 Å². The van der Waals surface area contributed by atoms with Crippen LogP contribution in [0.3, 0.4) is 0 Å². The molecule has 1 fully saturated rings. The van der Waals surface area contributed by atoms with Gasteiger partial charge in [-0.15, -0.1) is 0 Å². The summed E-state index contributed by atoms with van der Waals surface area (Å²) in [6.45, 7) is 3.59. The molecule has 0 radical (unpaired) electrons. The number of aryl methyl sites for hydroxylation is 1. The minimum atomic E-state index is -0.0305. The summed E-state index contributed by atoms with van der Waals surface area (Å²) >= 11 is 0. The first-order chi connectivity index (χ1) is 7.22. The van der Waals surface area contributed by atoms with Gasteiger partial charge in [0, 0.05) is 25.9 Å². The molecule has 2 rings (SSSR count). The van der Waals surface area contributed by atoms with Crippen LogP contribution < -0.4 is 10.2 Å². The van der Waals surface area contributed by atoms with Crippen molar-refractivity contribution in [2.45, 2.75) is 19.4 Å². The number of hydrogen-bond acceptors (Lipinski definition) is 3. The van der Waals surface area contributed by atoms with Crippen LogP contribution in [0, 0.1) is 0 Å². The standard InChI is InChI=1S/C10H16N4O/c1-3-11-8-4-7-14(10(8)15)9-5-6-13(2)12-9/h5-6,8,11H,3-4,7H2,1-2H3. The van der Waals surface area contributed by atoms with E-state index in [-0.39, 0.29) is 11.9 Å². The molecule has 1 aliphatic rings. The molecule has 1 N–H and O–H groups in total. The maximum absolute atomic E-state index is 11.9. The second-order valence-electron chi connectivity index (χ2n) is 3.74. The summed E-state index contributed by atoms with van der Waals surface area (Å²) in [6.07, 6.45) is 2.71. The summed E-state index contributed by atoms with van der Waals surface area (Å²) in [5, 5.41) is 7.41. The van der Waals surface area contributed by atoms with Gasteiger partial charge >= 0.3 is 0 Å². The van der Waals surface area contributed by atoms with Gasteiger partial charge in [0.25, 0.3) is 0 Å². The van der Waals surface area contributed by atoms with E-state index in [0.29, 0.717) is 0 Å². The zero-order valence-electron chi connectivity index (χ0n) is 9.10. The molecule has 1 aromatic rings. The van der Waals surface area contributed by atoms with Crippen molar-refractivity contribution in [2.75, 3.05) is 18.0 Å². The maximum atomic E-state index is 11.9. The van der Waals surface area contributed by atoms with Crippen LogP contribution in [0.1, 0.15) is 13.3 Å². The van der Waals surface area contributed by atoms with Gasteiger partial charge < -0.3 is 5.32 Å². The minimum absolute atomic E-state index is 0.0305. The van der Waals surface area contributed by atoms with Gasteiger partial charge in [0.2, 0.25) is 5.91 Å². The van der Waals surface area contributed by atoms with Crippen LogP contribution in [0.2, 0.25) is 0 Å². The topological polar surface area (TPSA) is 50.2 Å². The van der Waals surface area contributed by atoms with Crippen LogP contribution in [0.5, 0.6) is 0 Å². The summed E-state index contributed by atoms with van der Waals surface area (Å²) in [5.41, 5.74) is 0. The molecule has 0 bridgehead atoms. The van der Waals surface area contributed by atoms with Gasteiger partial charge in [-0.2, -0.15) is 5.10 Å². The molecule has 82 valence electrons. The highest BCUT2D eigenvalue weighted by atomic mass is 16.2. The molecule has 1 aliphatic heterocycles. The second kappa shape index (κ2) is 4.02. The fourth-order valence-corrected chi connectivity index (χ4v) is 1.89. The summed E-state index contributed by atoms with van der Waals surface area (Å²) < 4.78 is 1.71. The zero-order valence-corrected chi connectivity index (χ0v) is 9.10. The lowest BCUT2D eigenvalue weighted by Crippen LogP contribution is -2.38. The van der Waals surface area contributed by atoms with Gasteiger partial charge in [-0.05, 0) is 13.0 Å². The number of aromatic nitrogens is 2. The predicted octanol–water partition coefficient (Wildman–Crippen LogP) is 0.135. The van der Waals surface area contributed by atoms with Crippen molar-refractivity contribution in [1.82, 2.24) is 15.1 Å². The number of likely N-dealkylation sites (N-methyl/N-ethyl adjacent to an activating group) is 1. The Morgan fingerprint density at radius 2 is 2.47 bits per heavy atom. The maximum Gasteiger partial charge on any atom is 0.245 e. The lowest BCUT2D eigenvalue weighted by Gasteiger charge is -2.13. The van der Waals surface area contributed by atoms with Crippen molar-refractivity contribution in [3.8, 4) is 0 Å². The number of nitrogens with zero attached hydrogens (tertiary/aromatic N) is 3. The molecule has 5 heteroatoms. The molecule has 0 spiro atoms. The Morgan fingerprint density at radius 3 is 3.07 bits per heavy atom. The highest BCUT2D eigenvalue weighted by molar-refractivity contribution is 5.98. The smallest absolute Gasteiger partial charge is 0.245 e. The molecule has 15 heavy (non-hydrogen) atoms. The molecule has 1 atom stereocenters. The highest BCUT2D eigenvalue weighted by Gasteiger charge is 2.32. The lowest BCUT2D eigenvalue weighted by atomic mass is 10.2. The van der Waals surface area contributed by atoms with Crippen LogP contribution in [0.4, 0.5) is 5.82 Å². The van der Waals surface area contributed by atoms with Crippen LogP contribution in [-0.2, 0) is 11.8 Å². The molecule has 1 aromatic heterocycles. The number of rotatable bonds is 3. The average molecular weight is 208 g/mol. The largest absolute Gasteiger partial charge is 0.306 e. The number of carbonyl (C=O) groups excluding carboxylic acids is 1. The third kappa shape index (κ3) is 1.87. The Hall–Kier alpha value is -1.36. The van der Waals surface area contributed by atoms with Gasteiger partial charge in [0.05, 0.1) is 6.04 Å². The summed E-state index contributed by atoms with van der Waals surface area (Å²) in [4.78, 5) is 13.7. The molecule has 5 nitrogen and oxygen atoms in total. The first kappa shape index (κ1) is 10.2. The fraction of sp³-hybridized carbons (Fsp3) is 0.600. The van der Waals surface area contributed by atoms with Crippen molar-refractivity contribution < 1.29 is 4.79 Å². The van der Waals surface area contributed by atoms with Crippen molar-refractivity contribution in [1.29, 1.82) is 0 Å². The fourth-order valence-electron chi connectivity index (χ4n) is 1.89. The Bertz CT molecular complexity index is 360. The van der Waals surface area contributed by atoms with Gasteiger partial charge in [0.1, 0.15) is 0 Å². The Kier molecular flexibility index (Phi) is 2.73. The predicted molar refractivity (Wildman–Crippen MR) is 57.6 cm³/mol. The second-order valence-corrected chi connectivity index (χ2v) is 3.74. The van der Waals surface area contributed by atoms with Crippen LogP contribution in [-0.4, -0.2) is 34.8 Å². The van der Waals surface area contributed by atoms with Crippen molar-refractivity contribution in [3.63, 3.8) is 0 Å². The molecule has 0 aromatic carbocycles. The van der Waals surface area contributed by atoms with Crippen LogP contribution in [0.15, 0.2) is 12.3 Å². The SMILES string of the molecule is CCNC1CCN(c2ccn(C)n2)C1=O. The monoisotopic (exact) mass is 208 g/mol. The van der Waals surface area contributed by atoms with Crippen LogP contribution >= 0.6 is 0 Å². The van der Waals surface area contributed by atoms with Crippen molar-refractivity contribution >= 4 is 11.7 Å². The van der Waals surface area contributed by atoms with E-state index >= 15 is 0 Å². The van der Waals surface area contributed by atoms with Crippen molar-refractivity contribution in [2.24, 2.45) is 7.05 Å². The molecule has 0 saturated carbocycles. The number of hydrogen-bond donors (Lipinski definition) is 1. The first-order valence-corrected chi connectivity index (χ1v) is 5.26. The summed E-state index contributed by atoms with van der Waals surface area (Å²) in [5.74, 6) is 0.887. The van der Waals surface area contributed by atoms with E-state index in [2.05, 4.69) is 10.4 Å². The third-order valence-corrected chi connectivity index (χ3v) is 2.63. The highest BCUT2D eigenvalue weighted by Crippen LogP contribution is 2.18. The molecule has 0 aliphatic carbocycles. The lowest BCUT2D eigenvalue weighted by molar-refractivity contribution is -0.118. The van der Waals surface area contributed by atoms with Gasteiger partial charge in [0.15, 0.2) is 5.82 Å². The first-order valence-electron chi connectivity index (χ1n) is 5.26. The molecular formula is C10H16N4O. The zero-order chi connectivity index (χ0) is 10.8. The van der Waals surface area contributed by atoms with Gasteiger partial charge in [-0.1, -0.05) is 6.92 Å². The van der Waals surface area contributed by atoms with Crippen LogP contribution in [0.25, 0.3) is 0 Å². The number of amides is 1. The molecule has 1 unspecified atom stereocenters. The Balaban J connectivity index is 2.10. The van der Waals surface area contributed by atoms with E-state index in [4.69, 9.17) is 0 Å². The molecule has 1 amide bonds. The van der Waals surface area contributed by atoms with E-state index in [1.165, 1.54) is 0 Å². The Morgan fingerprint density at radius 1 is 1.67 bits per heavy atom. The normalized spacial score (nSPS) is 21.3. The number of anilines is 1. The van der Waals surface area contributed by atoms with E-state index in [9.17, 15) is 4.79 Å². The van der Waals surface area contributed by atoms with Gasteiger partial charge in [-0.25, -0.2) is 0 Å². The Labute approximate surface area is 89.1 Å². The molecule has 1 saturated heterocycles. The summed E-state index contributed by atoms with van der Waals surface area (Å²) in [6, 6.07) is 1.84. The van der Waals surface area contributed by atoms with E-state index < -0.39 is 0 Å². The average Bonchev–Trinajstić information content (AvgIpc) is 2.76. The van der Waals surface area contributed by atoms with Crippen molar-refractivity contribution in [3.05, 3.63) is 12.3 Å². The van der Waals surface area contributed by atoms with E-state index in [0.717, 1.165) is 25.3 Å². The number of nitrogens with one attached hydrogen (secondary N) is 1. The third-order valence-electron chi connectivity index (χ3n) is 2.63. The minimum Gasteiger partial charge on any atom is -0.306 e. The number of carbonyl (C=O) groups is 1.